The number of Topliss-reactive ketones (excluding diaryl/α,β-unsaturated/α-hetero) is 2. The van der Waals surface area contributed by atoms with Crippen LogP contribution in [0.15, 0.2) is 60.7 Å². The highest BCUT2D eigenvalue weighted by molar-refractivity contribution is 6.38. The van der Waals surface area contributed by atoms with E-state index in [9.17, 15) is 32.8 Å². The molecule has 3 aromatic rings. The van der Waals surface area contributed by atoms with E-state index in [0.717, 1.165) is 15.8 Å². The molecule has 0 unspecified atom stereocenters. The summed E-state index contributed by atoms with van der Waals surface area (Å²) in [7, 11) is 0. The molecule has 2 aliphatic carbocycles. The van der Waals surface area contributed by atoms with Gasteiger partial charge < -0.3 is 20.5 Å². The number of hydrogen-bond donors (Lipinski definition) is 3. The monoisotopic (exact) mass is 590 g/mol. The summed E-state index contributed by atoms with van der Waals surface area (Å²) >= 11 is 0. The van der Waals surface area contributed by atoms with Crippen LogP contribution < -0.4 is 10.6 Å². The molecule has 9 nitrogen and oxygen atoms in total. The van der Waals surface area contributed by atoms with E-state index >= 15 is 0 Å². The van der Waals surface area contributed by atoms with E-state index in [-0.39, 0.29) is 37.4 Å². The number of aromatic nitrogens is 1. The molecule has 1 saturated heterocycles. The van der Waals surface area contributed by atoms with Gasteiger partial charge in [0, 0.05) is 42.8 Å². The Labute approximate surface area is 246 Å². The summed E-state index contributed by atoms with van der Waals surface area (Å²) in [5, 5.41) is 5.91. The molecule has 2 heterocycles. The number of nitrogens with one attached hydrogen (secondary N) is 3. The SMILES string of the molecule is O=C(NCc1ccccc1)C(=O)[C@H](C[C@@H]1CCCC1=O)NC(=O)[C@@H]1C[C@]2(CN1C(=O)c1cc3ccccc3[nH]1)CC2(F)F. The zero-order chi connectivity index (χ0) is 30.4. The van der Waals surface area contributed by atoms with Crippen LogP contribution in [0.4, 0.5) is 8.78 Å². The van der Waals surface area contributed by atoms with Crippen LogP contribution in [0, 0.1) is 11.3 Å². The average molecular weight is 591 g/mol. The second-order valence-corrected chi connectivity index (χ2v) is 12.0. The average Bonchev–Trinajstić information content (AvgIpc) is 3.48. The zero-order valence-electron chi connectivity index (χ0n) is 23.4. The fourth-order valence-corrected chi connectivity index (χ4v) is 6.49. The molecule has 224 valence electrons. The van der Waals surface area contributed by atoms with Crippen molar-refractivity contribution in [2.45, 2.75) is 63.1 Å². The summed E-state index contributed by atoms with van der Waals surface area (Å²) in [5.74, 6) is -6.85. The van der Waals surface area contributed by atoms with E-state index in [1.54, 1.807) is 54.6 Å². The fourth-order valence-electron chi connectivity index (χ4n) is 6.49. The smallest absolute Gasteiger partial charge is 0.289 e. The molecule has 3 fully saturated rings. The molecule has 0 bridgehead atoms. The summed E-state index contributed by atoms with van der Waals surface area (Å²) in [4.78, 5) is 70.2. The lowest BCUT2D eigenvalue weighted by Gasteiger charge is -2.26. The highest BCUT2D eigenvalue weighted by atomic mass is 19.3. The molecule has 3 amide bonds. The second-order valence-electron chi connectivity index (χ2n) is 12.0. The number of alkyl halides is 2. The summed E-state index contributed by atoms with van der Waals surface area (Å²) in [6.45, 7) is -0.231. The number of ketones is 2. The molecule has 4 atom stereocenters. The van der Waals surface area contributed by atoms with Crippen LogP contribution >= 0.6 is 0 Å². The minimum Gasteiger partial charge on any atom is -0.351 e. The molecular weight excluding hydrogens is 558 g/mol. The molecule has 3 aliphatic rings. The third-order valence-corrected chi connectivity index (χ3v) is 9.07. The van der Waals surface area contributed by atoms with Crippen LogP contribution in [-0.4, -0.2) is 63.7 Å². The summed E-state index contributed by atoms with van der Waals surface area (Å²) in [6.07, 6.45) is 0.723. The third-order valence-electron chi connectivity index (χ3n) is 9.07. The number of hydrogen-bond acceptors (Lipinski definition) is 5. The quantitative estimate of drug-likeness (QED) is 0.329. The van der Waals surface area contributed by atoms with Crippen molar-refractivity contribution >= 4 is 40.2 Å². The number of para-hydroxylation sites is 1. The normalized spacial score (nSPS) is 24.7. The number of likely N-dealkylation sites (tertiary alicyclic amines) is 1. The second kappa shape index (κ2) is 11.0. The van der Waals surface area contributed by atoms with Crippen LogP contribution in [0.25, 0.3) is 10.9 Å². The van der Waals surface area contributed by atoms with Crippen molar-refractivity contribution in [2.75, 3.05) is 6.54 Å². The van der Waals surface area contributed by atoms with Crippen molar-refractivity contribution in [3.05, 3.63) is 71.9 Å². The van der Waals surface area contributed by atoms with Gasteiger partial charge in [-0.2, -0.15) is 0 Å². The van der Waals surface area contributed by atoms with E-state index < -0.39 is 59.3 Å². The van der Waals surface area contributed by atoms with Crippen LogP contribution in [0.3, 0.4) is 0 Å². The lowest BCUT2D eigenvalue weighted by atomic mass is 9.94. The number of rotatable bonds is 9. The van der Waals surface area contributed by atoms with Crippen molar-refractivity contribution in [1.82, 2.24) is 20.5 Å². The van der Waals surface area contributed by atoms with E-state index in [1.807, 2.05) is 6.07 Å². The first kappa shape index (κ1) is 28.7. The Morgan fingerprint density at radius 2 is 1.77 bits per heavy atom. The zero-order valence-corrected chi connectivity index (χ0v) is 23.4. The van der Waals surface area contributed by atoms with E-state index in [4.69, 9.17) is 0 Å². The fraction of sp³-hybridized carbons (Fsp3) is 0.406. The molecule has 0 radical (unpaired) electrons. The molecule has 2 saturated carbocycles. The van der Waals surface area contributed by atoms with Gasteiger partial charge in [-0.05, 0) is 43.4 Å². The van der Waals surface area contributed by atoms with Gasteiger partial charge >= 0.3 is 0 Å². The predicted octanol–water partition coefficient (Wildman–Crippen LogP) is 3.54. The highest BCUT2D eigenvalue weighted by Crippen LogP contribution is 2.66. The molecule has 11 heteroatoms. The number of aromatic amines is 1. The van der Waals surface area contributed by atoms with Gasteiger partial charge in [0.2, 0.25) is 11.7 Å². The Kier molecular flexibility index (Phi) is 7.35. The number of amides is 3. The molecule has 3 N–H and O–H groups in total. The van der Waals surface area contributed by atoms with Gasteiger partial charge in [0.1, 0.15) is 17.5 Å². The van der Waals surface area contributed by atoms with Gasteiger partial charge in [0.05, 0.1) is 11.5 Å². The molecular formula is C32H32F2N4O5. The lowest BCUT2D eigenvalue weighted by Crippen LogP contribution is -2.54. The van der Waals surface area contributed by atoms with Gasteiger partial charge in [-0.1, -0.05) is 48.5 Å². The van der Waals surface area contributed by atoms with Crippen molar-refractivity contribution in [2.24, 2.45) is 11.3 Å². The van der Waals surface area contributed by atoms with Gasteiger partial charge in [0.25, 0.3) is 17.7 Å². The third kappa shape index (κ3) is 5.55. The highest BCUT2D eigenvalue weighted by Gasteiger charge is 2.75. The number of fused-ring (bicyclic) bond motifs is 1. The molecule has 6 rings (SSSR count). The summed E-state index contributed by atoms with van der Waals surface area (Å²) in [6, 6.07) is 15.1. The largest absolute Gasteiger partial charge is 0.351 e. The molecule has 1 aromatic heterocycles. The Bertz CT molecular complexity index is 1570. The van der Waals surface area contributed by atoms with Crippen LogP contribution in [-0.2, 0) is 25.7 Å². The predicted molar refractivity (Wildman–Crippen MR) is 152 cm³/mol. The molecule has 1 spiro atoms. The van der Waals surface area contributed by atoms with Crippen LogP contribution in [0.1, 0.15) is 54.6 Å². The van der Waals surface area contributed by atoms with Gasteiger partial charge in [-0.15, -0.1) is 0 Å². The van der Waals surface area contributed by atoms with E-state index in [1.165, 1.54) is 0 Å². The molecule has 43 heavy (non-hydrogen) atoms. The Hall–Kier alpha value is -4.41. The Morgan fingerprint density at radius 1 is 1.05 bits per heavy atom. The topological polar surface area (TPSA) is 128 Å². The number of halogens is 2. The molecule has 1 aliphatic heterocycles. The minimum atomic E-state index is -3.02. The van der Waals surface area contributed by atoms with E-state index in [0.29, 0.717) is 24.8 Å². The Balaban J connectivity index is 1.22. The van der Waals surface area contributed by atoms with Crippen LogP contribution in [0.5, 0.6) is 0 Å². The van der Waals surface area contributed by atoms with Gasteiger partial charge in [0.15, 0.2) is 0 Å². The number of H-pyrrole nitrogens is 1. The molecule has 2 aromatic carbocycles. The van der Waals surface area contributed by atoms with Crippen LogP contribution in [0.2, 0.25) is 0 Å². The van der Waals surface area contributed by atoms with Crippen molar-refractivity contribution in [3.8, 4) is 0 Å². The minimum absolute atomic E-state index is 0.0511. The first-order valence-electron chi connectivity index (χ1n) is 14.5. The summed E-state index contributed by atoms with van der Waals surface area (Å²) < 4.78 is 29.1. The maximum absolute atomic E-state index is 14.5. The lowest BCUT2D eigenvalue weighted by molar-refractivity contribution is -0.141. The number of carbonyl (C=O) groups excluding carboxylic acids is 5. The van der Waals surface area contributed by atoms with Crippen molar-refractivity contribution in [1.29, 1.82) is 0 Å². The van der Waals surface area contributed by atoms with Gasteiger partial charge in [-0.25, -0.2) is 8.78 Å². The first-order chi connectivity index (χ1) is 20.6. The Morgan fingerprint density at radius 3 is 2.44 bits per heavy atom. The number of carbonyl (C=O) groups is 5. The van der Waals surface area contributed by atoms with Gasteiger partial charge in [-0.3, -0.25) is 24.0 Å². The number of nitrogens with zero attached hydrogens (tertiary/aromatic N) is 1. The maximum atomic E-state index is 14.5. The first-order valence-corrected chi connectivity index (χ1v) is 14.5. The standard InChI is InChI=1S/C32H32F2N4O5/c33-32(34)17-31(32)15-25(38(18-31)30(43)24-13-20-9-4-5-11-22(20)36-24)28(41)37-23(14-21-10-6-12-26(21)39)27(40)29(42)35-16-19-7-2-1-3-8-19/h1-5,7-9,11,13,21,23,25,36H,6,10,12,14-18H2,(H,35,42)(H,37,41)/t21-,23-,25-,31+/m0/s1. The summed E-state index contributed by atoms with van der Waals surface area (Å²) in [5.41, 5.74) is 0.0864. The maximum Gasteiger partial charge on any atom is 0.289 e. The van der Waals surface area contributed by atoms with Crippen molar-refractivity contribution in [3.63, 3.8) is 0 Å². The van der Waals surface area contributed by atoms with Crippen molar-refractivity contribution < 1.29 is 32.8 Å². The number of benzene rings is 2. The van der Waals surface area contributed by atoms with E-state index in [2.05, 4.69) is 15.6 Å².